The van der Waals surface area contributed by atoms with Crippen molar-refractivity contribution in [1.82, 2.24) is 5.32 Å². The molecule has 0 aromatic carbocycles. The third-order valence-electron chi connectivity index (χ3n) is 3.84. The van der Waals surface area contributed by atoms with Gasteiger partial charge in [-0.05, 0) is 31.9 Å². The van der Waals surface area contributed by atoms with E-state index in [4.69, 9.17) is 9.47 Å². The van der Waals surface area contributed by atoms with Crippen LogP contribution < -0.4 is 5.32 Å². The summed E-state index contributed by atoms with van der Waals surface area (Å²) in [4.78, 5) is 0. The van der Waals surface area contributed by atoms with Crippen molar-refractivity contribution in [3.05, 3.63) is 24.0 Å². The molecule has 1 N–H and O–H groups in total. The van der Waals surface area contributed by atoms with Crippen LogP contribution in [-0.2, 0) is 9.47 Å². The number of hydrogen-bond donors (Lipinski definition) is 1. The molecule has 2 aliphatic heterocycles. The van der Waals surface area contributed by atoms with E-state index < -0.39 is 0 Å². The summed E-state index contributed by atoms with van der Waals surface area (Å²) in [6, 6.07) is 0. The number of rotatable bonds is 2. The van der Waals surface area contributed by atoms with Crippen molar-refractivity contribution in [2.75, 3.05) is 26.8 Å². The number of fused-ring (bicyclic) bond motifs is 3. The van der Waals surface area contributed by atoms with E-state index in [0.29, 0.717) is 12.0 Å². The molecule has 0 aromatic heterocycles. The Balaban J connectivity index is 0.000000209. The molecule has 0 amide bonds. The van der Waals surface area contributed by atoms with Gasteiger partial charge < -0.3 is 14.8 Å². The van der Waals surface area contributed by atoms with E-state index in [0.717, 1.165) is 32.0 Å². The Hall–Kier alpha value is -0.800. The smallest absolute Gasteiger partial charge is 0.114 e. The number of nitrogens with one attached hydrogen (secondary N) is 1. The molecule has 3 heteroatoms. The Kier molecular flexibility index (Phi) is 5.26. The van der Waals surface area contributed by atoms with Crippen LogP contribution in [0.2, 0.25) is 0 Å². The maximum absolute atomic E-state index is 5.92. The molecule has 3 unspecified atom stereocenters. The zero-order chi connectivity index (χ0) is 12.8. The highest BCUT2D eigenvalue weighted by Gasteiger charge is 2.42. The molecule has 2 heterocycles. The molecule has 0 saturated carbocycles. The second-order valence-corrected chi connectivity index (χ2v) is 5.15. The van der Waals surface area contributed by atoms with E-state index in [-0.39, 0.29) is 0 Å². The predicted molar refractivity (Wildman–Crippen MR) is 73.3 cm³/mol. The lowest BCUT2D eigenvalue weighted by molar-refractivity contribution is 0.108. The van der Waals surface area contributed by atoms with Gasteiger partial charge in [0.05, 0.1) is 0 Å². The second-order valence-electron chi connectivity index (χ2n) is 5.15. The first-order valence-corrected chi connectivity index (χ1v) is 7.09. The van der Waals surface area contributed by atoms with Gasteiger partial charge in [-0.1, -0.05) is 19.1 Å². The molecule has 0 aromatic rings. The summed E-state index contributed by atoms with van der Waals surface area (Å²) in [5.41, 5.74) is 0. The first-order valence-electron chi connectivity index (χ1n) is 7.09. The van der Waals surface area contributed by atoms with Gasteiger partial charge in [-0.2, -0.15) is 0 Å². The number of methoxy groups -OCH3 is 1. The van der Waals surface area contributed by atoms with Crippen LogP contribution in [-0.4, -0.2) is 32.9 Å². The Morgan fingerprint density at radius 2 is 2.39 bits per heavy atom. The molecule has 102 valence electrons. The molecule has 3 rings (SSSR count). The van der Waals surface area contributed by atoms with Crippen molar-refractivity contribution in [3.8, 4) is 0 Å². The van der Waals surface area contributed by atoms with E-state index in [9.17, 15) is 0 Å². The van der Waals surface area contributed by atoms with Crippen LogP contribution in [0.15, 0.2) is 24.0 Å². The van der Waals surface area contributed by atoms with Gasteiger partial charge in [0.15, 0.2) is 0 Å². The minimum atomic E-state index is 0.449. The summed E-state index contributed by atoms with van der Waals surface area (Å²) in [5.74, 6) is 2.70. The summed E-state index contributed by atoms with van der Waals surface area (Å²) in [7, 11) is 1.71. The second kappa shape index (κ2) is 6.95. The van der Waals surface area contributed by atoms with Gasteiger partial charge in [0.2, 0.25) is 0 Å². The highest BCUT2D eigenvalue weighted by atomic mass is 16.5. The summed E-state index contributed by atoms with van der Waals surface area (Å²) in [6.45, 7) is 5.18. The molecule has 3 atom stereocenters. The standard InChI is InChI=1S/C11H15NO.C4H10O/c1-2-4-10-8(3-1)9-5-6-12-7-11(9)13-10;1-3-4-5-2/h1-2,4,8-9,11-12H,3,5-7H2;3-4H2,1-2H3. The summed E-state index contributed by atoms with van der Waals surface area (Å²) >= 11 is 0. The SMILES string of the molecule is C1=CCC2C(=C1)OC1CNCCC12.CCCOC. The molecule has 3 aliphatic rings. The van der Waals surface area contributed by atoms with E-state index in [1.807, 2.05) is 0 Å². The highest BCUT2D eigenvalue weighted by molar-refractivity contribution is 5.21. The maximum Gasteiger partial charge on any atom is 0.114 e. The quantitative estimate of drug-likeness (QED) is 0.818. The Morgan fingerprint density at radius 3 is 3.11 bits per heavy atom. The third-order valence-corrected chi connectivity index (χ3v) is 3.84. The summed E-state index contributed by atoms with van der Waals surface area (Å²) in [6.07, 6.45) is 10.6. The predicted octanol–water partition coefficient (Wildman–Crippen LogP) is 2.50. The fourth-order valence-corrected chi connectivity index (χ4v) is 2.96. The lowest BCUT2D eigenvalue weighted by Crippen LogP contribution is -2.39. The van der Waals surface area contributed by atoms with Crippen LogP contribution >= 0.6 is 0 Å². The minimum absolute atomic E-state index is 0.449. The lowest BCUT2D eigenvalue weighted by Gasteiger charge is -2.26. The monoisotopic (exact) mass is 251 g/mol. The fourth-order valence-electron chi connectivity index (χ4n) is 2.96. The van der Waals surface area contributed by atoms with Crippen LogP contribution in [0.5, 0.6) is 0 Å². The van der Waals surface area contributed by atoms with Crippen LogP contribution in [0, 0.1) is 11.8 Å². The van der Waals surface area contributed by atoms with Crippen LogP contribution in [0.25, 0.3) is 0 Å². The van der Waals surface area contributed by atoms with Gasteiger partial charge in [-0.15, -0.1) is 0 Å². The van der Waals surface area contributed by atoms with E-state index in [2.05, 4.69) is 30.5 Å². The minimum Gasteiger partial charge on any atom is -0.493 e. The van der Waals surface area contributed by atoms with Crippen molar-refractivity contribution in [3.63, 3.8) is 0 Å². The summed E-state index contributed by atoms with van der Waals surface area (Å²) in [5, 5.41) is 3.39. The van der Waals surface area contributed by atoms with Gasteiger partial charge in [-0.25, -0.2) is 0 Å². The van der Waals surface area contributed by atoms with Crippen LogP contribution in [0.3, 0.4) is 0 Å². The van der Waals surface area contributed by atoms with Crippen molar-refractivity contribution in [2.24, 2.45) is 11.8 Å². The number of piperidine rings is 1. The number of hydrogen-bond acceptors (Lipinski definition) is 3. The maximum atomic E-state index is 5.92. The van der Waals surface area contributed by atoms with Crippen molar-refractivity contribution in [1.29, 1.82) is 0 Å². The molecule has 1 aliphatic carbocycles. The largest absolute Gasteiger partial charge is 0.493 e. The molecule has 18 heavy (non-hydrogen) atoms. The van der Waals surface area contributed by atoms with Crippen molar-refractivity contribution >= 4 is 0 Å². The van der Waals surface area contributed by atoms with Gasteiger partial charge >= 0.3 is 0 Å². The van der Waals surface area contributed by atoms with Crippen LogP contribution in [0.4, 0.5) is 0 Å². The van der Waals surface area contributed by atoms with Gasteiger partial charge in [0.1, 0.15) is 11.9 Å². The molecule has 0 radical (unpaired) electrons. The first-order chi connectivity index (χ1) is 8.86. The Labute approximate surface area is 110 Å². The van der Waals surface area contributed by atoms with Crippen molar-refractivity contribution < 1.29 is 9.47 Å². The van der Waals surface area contributed by atoms with Crippen LogP contribution in [0.1, 0.15) is 26.2 Å². The number of ether oxygens (including phenoxy) is 2. The average molecular weight is 251 g/mol. The van der Waals surface area contributed by atoms with Gasteiger partial charge in [-0.3, -0.25) is 0 Å². The molecule has 2 fully saturated rings. The molecule has 2 saturated heterocycles. The van der Waals surface area contributed by atoms with E-state index in [1.165, 1.54) is 18.6 Å². The van der Waals surface area contributed by atoms with Crippen molar-refractivity contribution in [2.45, 2.75) is 32.3 Å². The van der Waals surface area contributed by atoms with E-state index in [1.54, 1.807) is 7.11 Å². The van der Waals surface area contributed by atoms with Gasteiger partial charge in [0, 0.05) is 32.1 Å². The molecule has 3 nitrogen and oxygen atoms in total. The highest BCUT2D eigenvalue weighted by Crippen LogP contribution is 2.42. The average Bonchev–Trinajstić information content (AvgIpc) is 2.79. The molecular weight excluding hydrogens is 226 g/mol. The fraction of sp³-hybridized carbons (Fsp3) is 0.733. The Bertz CT molecular complexity index is 310. The van der Waals surface area contributed by atoms with Gasteiger partial charge in [0.25, 0.3) is 0 Å². The zero-order valence-corrected chi connectivity index (χ0v) is 11.5. The third kappa shape index (κ3) is 3.15. The molecule has 0 spiro atoms. The number of allylic oxidation sites excluding steroid dienone is 4. The van der Waals surface area contributed by atoms with E-state index >= 15 is 0 Å². The topological polar surface area (TPSA) is 30.5 Å². The zero-order valence-electron chi connectivity index (χ0n) is 11.5. The normalized spacial score (nSPS) is 32.6. The molecular formula is C15H25NO2. The Morgan fingerprint density at radius 1 is 1.50 bits per heavy atom. The first kappa shape index (κ1) is 13.6. The lowest BCUT2D eigenvalue weighted by atomic mass is 9.81. The summed E-state index contributed by atoms with van der Waals surface area (Å²) < 4.78 is 10.6. The molecule has 0 bridgehead atoms.